The molecule has 1 nitrogen and oxygen atoms in total. The van der Waals surface area contributed by atoms with Crippen molar-refractivity contribution in [3.8, 4) is 0 Å². The average Bonchev–Trinajstić information content (AvgIpc) is 2.53. The summed E-state index contributed by atoms with van der Waals surface area (Å²) in [5.41, 5.74) is 0.144. The maximum Gasteiger partial charge on any atom is 0.417 e. The maximum absolute atomic E-state index is 12.9. The number of ketones is 1. The van der Waals surface area contributed by atoms with Gasteiger partial charge in [-0.3, -0.25) is 4.79 Å². The number of carbonyl (C=O) groups is 1. The summed E-state index contributed by atoms with van der Waals surface area (Å²) in [5, 5.41) is -0.443. The Kier molecular flexibility index (Phi) is 3.50. The van der Waals surface area contributed by atoms with Crippen LogP contribution in [0.15, 0.2) is 46.2 Å². The van der Waals surface area contributed by atoms with Crippen LogP contribution in [0.3, 0.4) is 0 Å². The number of fused-ring (bicyclic) bond motifs is 2. The predicted octanol–water partition coefficient (Wildman–Crippen LogP) is 5.25. The highest BCUT2D eigenvalue weighted by molar-refractivity contribution is 7.99. The van der Waals surface area contributed by atoms with E-state index in [1.165, 1.54) is 11.8 Å². The molecule has 0 saturated heterocycles. The van der Waals surface area contributed by atoms with Crippen LogP contribution in [0.5, 0.6) is 0 Å². The molecule has 2 aromatic carbocycles. The van der Waals surface area contributed by atoms with Gasteiger partial charge in [0.05, 0.1) is 10.6 Å². The lowest BCUT2D eigenvalue weighted by Gasteiger charge is -2.12. The third-order valence-corrected chi connectivity index (χ3v) is 4.71. The number of halogens is 4. The van der Waals surface area contributed by atoms with Gasteiger partial charge in [0.2, 0.25) is 0 Å². The summed E-state index contributed by atoms with van der Waals surface area (Å²) in [5.74, 6) is -0.224. The minimum absolute atomic E-state index is 0.165. The Balaban J connectivity index is 2.19. The van der Waals surface area contributed by atoms with Crippen LogP contribution < -0.4 is 0 Å². The number of benzene rings is 2. The minimum atomic E-state index is -4.54. The molecular weight excluding hydrogens is 321 g/mol. The Morgan fingerprint density at radius 3 is 2.52 bits per heavy atom. The van der Waals surface area contributed by atoms with E-state index in [4.69, 9.17) is 11.6 Å². The quantitative estimate of drug-likeness (QED) is 0.657. The molecule has 1 aliphatic heterocycles. The van der Waals surface area contributed by atoms with E-state index in [1.54, 1.807) is 24.3 Å². The highest BCUT2D eigenvalue weighted by atomic mass is 35.5. The van der Waals surface area contributed by atoms with Gasteiger partial charge in [-0.15, -0.1) is 0 Å². The van der Waals surface area contributed by atoms with Crippen LogP contribution >= 0.6 is 23.4 Å². The molecule has 0 bridgehead atoms. The van der Waals surface area contributed by atoms with Gasteiger partial charge >= 0.3 is 6.18 Å². The molecule has 0 aromatic heterocycles. The fraction of sp³-hybridized carbons (Fsp3) is 0.133. The normalized spacial score (nSPS) is 14.4. The average molecular weight is 329 g/mol. The second-order valence-electron chi connectivity index (χ2n) is 4.64. The van der Waals surface area contributed by atoms with Gasteiger partial charge in [0.25, 0.3) is 0 Å². The fourth-order valence-electron chi connectivity index (χ4n) is 2.21. The molecule has 21 heavy (non-hydrogen) atoms. The van der Waals surface area contributed by atoms with Gasteiger partial charge in [0, 0.05) is 21.8 Å². The van der Waals surface area contributed by atoms with Gasteiger partial charge in [-0.25, -0.2) is 0 Å². The second-order valence-corrected chi connectivity index (χ2v) is 6.13. The van der Waals surface area contributed by atoms with E-state index >= 15 is 0 Å². The van der Waals surface area contributed by atoms with E-state index in [1.807, 2.05) is 0 Å². The van der Waals surface area contributed by atoms with Crippen molar-refractivity contribution in [1.82, 2.24) is 0 Å². The van der Waals surface area contributed by atoms with Crippen molar-refractivity contribution in [2.45, 2.75) is 22.4 Å². The molecule has 0 fully saturated rings. The van der Waals surface area contributed by atoms with Crippen LogP contribution in [0.4, 0.5) is 13.2 Å². The van der Waals surface area contributed by atoms with Gasteiger partial charge in [0.15, 0.2) is 5.78 Å². The van der Waals surface area contributed by atoms with Gasteiger partial charge < -0.3 is 0 Å². The molecule has 1 heterocycles. The molecule has 0 saturated carbocycles. The Morgan fingerprint density at radius 2 is 1.81 bits per heavy atom. The van der Waals surface area contributed by atoms with Crippen molar-refractivity contribution in [3.63, 3.8) is 0 Å². The molecule has 0 radical (unpaired) electrons. The topological polar surface area (TPSA) is 17.1 Å². The van der Waals surface area contributed by atoms with E-state index in [0.717, 1.165) is 22.6 Å². The first kappa shape index (κ1) is 14.5. The lowest BCUT2D eigenvalue weighted by Crippen LogP contribution is -2.09. The number of hydrogen-bond acceptors (Lipinski definition) is 2. The molecule has 3 rings (SSSR count). The standard InChI is InChI=1S/C15H8ClF3OS/c16-11-6-9-12(20)5-8-3-1-2-4-13(8)21-14(9)7-10(11)15(17,18)19/h1-4,6-7H,5H2. The molecule has 0 amide bonds. The second kappa shape index (κ2) is 5.07. The minimum Gasteiger partial charge on any atom is -0.294 e. The smallest absolute Gasteiger partial charge is 0.294 e. The summed E-state index contributed by atoms with van der Waals surface area (Å²) in [6.07, 6.45) is -4.38. The number of rotatable bonds is 0. The molecule has 0 N–H and O–H groups in total. The summed E-state index contributed by atoms with van der Waals surface area (Å²) in [6.45, 7) is 0. The largest absolute Gasteiger partial charge is 0.417 e. The highest BCUT2D eigenvalue weighted by Crippen LogP contribution is 2.43. The zero-order valence-electron chi connectivity index (χ0n) is 10.5. The molecule has 0 spiro atoms. The van der Waals surface area contributed by atoms with E-state index in [-0.39, 0.29) is 17.8 Å². The molecule has 2 aromatic rings. The van der Waals surface area contributed by atoms with Crippen molar-refractivity contribution >= 4 is 29.1 Å². The number of alkyl halides is 3. The Bertz CT molecular complexity index is 740. The first-order chi connectivity index (χ1) is 9.86. The van der Waals surface area contributed by atoms with Crippen LogP contribution in [0.2, 0.25) is 5.02 Å². The first-order valence-corrected chi connectivity index (χ1v) is 7.25. The molecule has 0 unspecified atom stereocenters. The van der Waals surface area contributed by atoms with E-state index < -0.39 is 16.8 Å². The molecule has 0 atom stereocenters. The van der Waals surface area contributed by atoms with E-state index in [9.17, 15) is 18.0 Å². The van der Waals surface area contributed by atoms with Crippen LogP contribution in [0.1, 0.15) is 21.5 Å². The fourth-order valence-corrected chi connectivity index (χ4v) is 3.59. The van der Waals surface area contributed by atoms with Gasteiger partial charge in [-0.05, 0) is 23.8 Å². The van der Waals surface area contributed by atoms with Crippen molar-refractivity contribution in [1.29, 1.82) is 0 Å². The zero-order chi connectivity index (χ0) is 15.2. The first-order valence-electron chi connectivity index (χ1n) is 6.06. The van der Waals surface area contributed by atoms with E-state index in [0.29, 0.717) is 4.90 Å². The van der Waals surface area contributed by atoms with Crippen LogP contribution in [0.25, 0.3) is 0 Å². The Morgan fingerprint density at radius 1 is 1.10 bits per heavy atom. The highest BCUT2D eigenvalue weighted by Gasteiger charge is 2.35. The monoisotopic (exact) mass is 328 g/mol. The number of carbonyl (C=O) groups excluding carboxylic acids is 1. The zero-order valence-corrected chi connectivity index (χ0v) is 12.1. The molecule has 108 valence electrons. The Hall–Kier alpha value is -1.46. The van der Waals surface area contributed by atoms with E-state index in [2.05, 4.69) is 0 Å². The summed E-state index contributed by atoms with van der Waals surface area (Å²) in [6, 6.07) is 9.28. The summed E-state index contributed by atoms with van der Waals surface area (Å²) in [7, 11) is 0. The number of Topliss-reactive ketones (excluding diaryl/α,β-unsaturated/α-hetero) is 1. The lowest BCUT2D eigenvalue weighted by molar-refractivity contribution is -0.137. The van der Waals surface area contributed by atoms with Gasteiger partial charge in [-0.1, -0.05) is 41.6 Å². The van der Waals surface area contributed by atoms with Crippen molar-refractivity contribution in [3.05, 3.63) is 58.1 Å². The number of hydrogen-bond donors (Lipinski definition) is 0. The molecule has 0 aliphatic carbocycles. The lowest BCUT2D eigenvalue weighted by atomic mass is 10.0. The summed E-state index contributed by atoms with van der Waals surface area (Å²) < 4.78 is 38.8. The van der Waals surface area contributed by atoms with Crippen molar-refractivity contribution in [2.24, 2.45) is 0 Å². The van der Waals surface area contributed by atoms with Gasteiger partial charge in [-0.2, -0.15) is 13.2 Å². The predicted molar refractivity (Wildman–Crippen MR) is 75.1 cm³/mol. The molecule has 6 heteroatoms. The summed E-state index contributed by atoms with van der Waals surface area (Å²) >= 11 is 6.86. The Labute approximate surface area is 128 Å². The van der Waals surface area contributed by atoms with Crippen LogP contribution in [-0.2, 0) is 12.6 Å². The molecule has 1 aliphatic rings. The summed E-state index contributed by atoms with van der Waals surface area (Å²) in [4.78, 5) is 13.3. The molecular formula is C15H8ClF3OS. The third kappa shape index (κ3) is 2.68. The maximum atomic E-state index is 12.9. The van der Waals surface area contributed by atoms with Crippen molar-refractivity contribution in [2.75, 3.05) is 0 Å². The van der Waals surface area contributed by atoms with Crippen LogP contribution in [-0.4, -0.2) is 5.78 Å². The van der Waals surface area contributed by atoms with Gasteiger partial charge in [0.1, 0.15) is 0 Å². The van der Waals surface area contributed by atoms with Crippen molar-refractivity contribution < 1.29 is 18.0 Å². The SMILES string of the molecule is O=C1Cc2ccccc2Sc2cc(C(F)(F)F)c(Cl)cc21. The van der Waals surface area contributed by atoms with Crippen LogP contribution in [0, 0.1) is 0 Å². The third-order valence-electron chi connectivity index (χ3n) is 3.22.